The second-order valence-electron chi connectivity index (χ2n) is 7.50. The maximum Gasteiger partial charge on any atom is 0.259 e. The maximum absolute atomic E-state index is 12.4. The lowest BCUT2D eigenvalue weighted by Crippen LogP contribution is -2.55. The standard InChI is InChI=1S/C21H24N2O4/c1-3-12-10-23-7-6-13(12)8-18(23)20(25)19-15-9-14(27-2)4-5-17(15)22-21(26)16(19)11-24/h3-5,9,11-13,18,20,25H,1,6-8,10H2,2H3,(H,22,26)/t12-,13?,18-,20-/m0/s1. The number of piperidine rings is 3. The van der Waals surface area contributed by atoms with Crippen LogP contribution in [0.15, 0.2) is 35.6 Å². The van der Waals surface area contributed by atoms with Crippen molar-refractivity contribution in [3.8, 4) is 5.75 Å². The monoisotopic (exact) mass is 368 g/mol. The van der Waals surface area contributed by atoms with Crippen molar-refractivity contribution in [3.63, 3.8) is 0 Å². The first kappa shape index (κ1) is 17.9. The molecule has 3 aliphatic heterocycles. The number of aromatic nitrogens is 1. The minimum absolute atomic E-state index is 0.00818. The Morgan fingerprint density at radius 1 is 1.44 bits per heavy atom. The molecule has 142 valence electrons. The number of rotatable bonds is 5. The van der Waals surface area contributed by atoms with Crippen LogP contribution in [-0.2, 0) is 0 Å². The molecule has 2 N–H and O–H groups in total. The van der Waals surface area contributed by atoms with E-state index in [0.29, 0.717) is 40.3 Å². The van der Waals surface area contributed by atoms with Gasteiger partial charge in [0.25, 0.3) is 5.56 Å². The SMILES string of the molecule is C=C[C@H]1CN2CCC1C[C@H]2[C@H](O)c1c(C=O)c(=O)[nH]c2ccc(OC)cc12. The molecule has 0 spiro atoms. The number of carbonyl (C=O) groups excluding carboxylic acids is 1. The Labute approximate surface area is 157 Å². The van der Waals surface area contributed by atoms with Crippen molar-refractivity contribution >= 4 is 17.2 Å². The molecule has 0 radical (unpaired) electrons. The zero-order chi connectivity index (χ0) is 19.1. The van der Waals surface area contributed by atoms with Gasteiger partial charge < -0.3 is 14.8 Å². The lowest BCUT2D eigenvalue weighted by Gasteiger charge is -2.50. The molecule has 2 aromatic rings. The summed E-state index contributed by atoms with van der Waals surface area (Å²) in [5, 5.41) is 11.9. The lowest BCUT2D eigenvalue weighted by molar-refractivity contribution is -0.0446. The summed E-state index contributed by atoms with van der Waals surface area (Å²) < 4.78 is 5.30. The third kappa shape index (κ3) is 2.89. The molecule has 3 aliphatic rings. The number of hydrogen-bond acceptors (Lipinski definition) is 5. The van der Waals surface area contributed by atoms with Gasteiger partial charge in [0, 0.05) is 29.1 Å². The summed E-state index contributed by atoms with van der Waals surface area (Å²) in [5.74, 6) is 1.52. The highest BCUT2D eigenvalue weighted by Gasteiger charge is 2.43. The molecule has 1 aromatic carbocycles. The first-order chi connectivity index (χ1) is 13.1. The highest BCUT2D eigenvalue weighted by atomic mass is 16.5. The number of aldehydes is 1. The molecule has 0 aliphatic carbocycles. The summed E-state index contributed by atoms with van der Waals surface area (Å²) >= 11 is 0. The Bertz CT molecular complexity index is 951. The van der Waals surface area contributed by atoms with Crippen LogP contribution in [0.25, 0.3) is 10.9 Å². The van der Waals surface area contributed by atoms with Crippen LogP contribution in [0, 0.1) is 11.8 Å². The molecule has 27 heavy (non-hydrogen) atoms. The van der Waals surface area contributed by atoms with Crippen LogP contribution < -0.4 is 10.3 Å². The van der Waals surface area contributed by atoms with Crippen molar-refractivity contribution in [2.45, 2.75) is 25.0 Å². The van der Waals surface area contributed by atoms with E-state index in [2.05, 4.69) is 16.5 Å². The normalized spacial score (nSPS) is 28.1. The number of carbonyl (C=O) groups is 1. The van der Waals surface area contributed by atoms with Gasteiger partial charge in [0.2, 0.25) is 0 Å². The molecule has 6 heteroatoms. The van der Waals surface area contributed by atoms with Crippen molar-refractivity contribution in [3.05, 3.63) is 52.3 Å². The molecule has 6 nitrogen and oxygen atoms in total. The number of aliphatic hydroxyl groups excluding tert-OH is 1. The number of methoxy groups -OCH3 is 1. The van der Waals surface area contributed by atoms with Crippen LogP contribution in [0.2, 0.25) is 0 Å². The highest BCUT2D eigenvalue weighted by Crippen LogP contribution is 2.42. The smallest absolute Gasteiger partial charge is 0.259 e. The molecule has 4 heterocycles. The summed E-state index contributed by atoms with van der Waals surface area (Å²) in [5.41, 5.74) is 0.499. The molecular weight excluding hydrogens is 344 g/mol. The van der Waals surface area contributed by atoms with Crippen LogP contribution in [0.1, 0.15) is 34.9 Å². The molecule has 5 rings (SSSR count). The highest BCUT2D eigenvalue weighted by molar-refractivity contribution is 5.91. The first-order valence-electron chi connectivity index (χ1n) is 9.31. The molecule has 2 bridgehead atoms. The number of aliphatic hydroxyl groups is 1. The molecule has 1 aromatic heterocycles. The van der Waals surface area contributed by atoms with Crippen LogP contribution in [0.3, 0.4) is 0 Å². The fourth-order valence-electron chi connectivity index (χ4n) is 4.77. The number of pyridine rings is 1. The quantitative estimate of drug-likeness (QED) is 0.625. The molecule has 3 saturated heterocycles. The van der Waals surface area contributed by atoms with Gasteiger partial charge in [0.1, 0.15) is 5.75 Å². The molecule has 5 atom stereocenters. The third-order valence-electron chi connectivity index (χ3n) is 6.23. The average molecular weight is 368 g/mol. The fourth-order valence-corrected chi connectivity index (χ4v) is 4.77. The van der Waals surface area contributed by atoms with Gasteiger partial charge in [-0.2, -0.15) is 0 Å². The van der Waals surface area contributed by atoms with Crippen LogP contribution in [-0.4, -0.2) is 47.5 Å². The van der Waals surface area contributed by atoms with Gasteiger partial charge in [-0.15, -0.1) is 6.58 Å². The summed E-state index contributed by atoms with van der Waals surface area (Å²) in [7, 11) is 1.56. The predicted octanol–water partition coefficient (Wildman–Crippen LogP) is 2.28. The summed E-state index contributed by atoms with van der Waals surface area (Å²) in [4.78, 5) is 29.1. The van der Waals surface area contributed by atoms with E-state index in [-0.39, 0.29) is 11.6 Å². The fraction of sp³-hybridized carbons (Fsp3) is 0.429. The van der Waals surface area contributed by atoms with Crippen LogP contribution >= 0.6 is 0 Å². The number of H-pyrrole nitrogens is 1. The van der Waals surface area contributed by atoms with Crippen molar-refractivity contribution in [1.82, 2.24) is 9.88 Å². The Hall–Kier alpha value is -2.44. The van der Waals surface area contributed by atoms with Crippen molar-refractivity contribution in [1.29, 1.82) is 0 Å². The number of nitrogens with zero attached hydrogens (tertiary/aromatic N) is 1. The van der Waals surface area contributed by atoms with Gasteiger partial charge in [-0.3, -0.25) is 14.5 Å². The maximum atomic E-state index is 12.4. The largest absolute Gasteiger partial charge is 0.497 e. The molecule has 0 amide bonds. The predicted molar refractivity (Wildman–Crippen MR) is 103 cm³/mol. The number of nitrogens with one attached hydrogen (secondary N) is 1. The van der Waals surface area contributed by atoms with Crippen LogP contribution in [0.5, 0.6) is 5.75 Å². The van der Waals surface area contributed by atoms with Gasteiger partial charge in [0.15, 0.2) is 6.29 Å². The van der Waals surface area contributed by atoms with Gasteiger partial charge in [-0.05, 0) is 49.4 Å². The minimum atomic E-state index is -0.921. The van der Waals surface area contributed by atoms with Gasteiger partial charge in [-0.25, -0.2) is 0 Å². The molecule has 3 fully saturated rings. The van der Waals surface area contributed by atoms with Crippen LogP contribution in [0.4, 0.5) is 0 Å². The van der Waals surface area contributed by atoms with Crippen molar-refractivity contribution < 1.29 is 14.6 Å². The van der Waals surface area contributed by atoms with E-state index in [9.17, 15) is 14.7 Å². The van der Waals surface area contributed by atoms with Gasteiger partial charge in [-0.1, -0.05) is 6.08 Å². The second-order valence-corrected chi connectivity index (χ2v) is 7.50. The summed E-state index contributed by atoms with van der Waals surface area (Å²) in [6.45, 7) is 5.71. The Kier molecular flexibility index (Phi) is 4.61. The van der Waals surface area contributed by atoms with E-state index in [0.717, 1.165) is 25.9 Å². The Balaban J connectivity index is 1.83. The topological polar surface area (TPSA) is 82.6 Å². The van der Waals surface area contributed by atoms with E-state index in [1.807, 2.05) is 6.08 Å². The number of benzene rings is 1. The van der Waals surface area contributed by atoms with E-state index >= 15 is 0 Å². The number of fused-ring (bicyclic) bond motifs is 4. The summed E-state index contributed by atoms with van der Waals surface area (Å²) in [6, 6.07) is 5.13. The number of ether oxygens (including phenoxy) is 1. The van der Waals surface area contributed by atoms with E-state index in [1.54, 1.807) is 25.3 Å². The number of hydrogen-bond donors (Lipinski definition) is 2. The third-order valence-corrected chi connectivity index (χ3v) is 6.23. The van der Waals surface area contributed by atoms with Gasteiger partial charge in [0.05, 0.1) is 18.8 Å². The van der Waals surface area contributed by atoms with Crippen molar-refractivity contribution in [2.75, 3.05) is 20.2 Å². The zero-order valence-corrected chi connectivity index (χ0v) is 15.4. The second kappa shape index (κ2) is 6.94. The molecular formula is C21H24N2O4. The van der Waals surface area contributed by atoms with Gasteiger partial charge >= 0.3 is 0 Å². The Morgan fingerprint density at radius 3 is 2.89 bits per heavy atom. The van der Waals surface area contributed by atoms with E-state index < -0.39 is 11.7 Å². The molecule has 2 unspecified atom stereocenters. The first-order valence-corrected chi connectivity index (χ1v) is 9.31. The van der Waals surface area contributed by atoms with E-state index in [4.69, 9.17) is 4.74 Å². The van der Waals surface area contributed by atoms with E-state index in [1.165, 1.54) is 0 Å². The molecule has 0 saturated carbocycles. The summed E-state index contributed by atoms with van der Waals surface area (Å²) in [6.07, 6.45) is 3.54. The lowest BCUT2D eigenvalue weighted by atomic mass is 9.73. The zero-order valence-electron chi connectivity index (χ0n) is 15.4. The minimum Gasteiger partial charge on any atom is -0.497 e. The number of aromatic amines is 1. The Morgan fingerprint density at radius 2 is 2.26 bits per heavy atom. The van der Waals surface area contributed by atoms with Crippen molar-refractivity contribution in [2.24, 2.45) is 11.8 Å². The average Bonchev–Trinajstić information content (AvgIpc) is 2.72.